The number of aromatic nitrogens is 2. The van der Waals surface area contributed by atoms with Gasteiger partial charge < -0.3 is 10.4 Å². The maximum absolute atomic E-state index is 11.4. The highest BCUT2D eigenvalue weighted by molar-refractivity contribution is 5.61. The second-order valence-electron chi connectivity index (χ2n) is 5.47. The summed E-state index contributed by atoms with van der Waals surface area (Å²) in [6.07, 6.45) is 0.410. The number of aliphatic hydroxyl groups excluding tert-OH is 1. The third-order valence-electron chi connectivity index (χ3n) is 4.11. The van der Waals surface area contributed by atoms with Gasteiger partial charge in [0.05, 0.1) is 17.1 Å². The Labute approximate surface area is 127 Å². The van der Waals surface area contributed by atoms with E-state index in [0.29, 0.717) is 24.4 Å². The highest BCUT2D eigenvalue weighted by atomic mass is 16.6. The molecule has 0 saturated carbocycles. The molecular formula is C15H18N4O3. The van der Waals surface area contributed by atoms with E-state index in [2.05, 4.69) is 10.4 Å². The van der Waals surface area contributed by atoms with Crippen LogP contribution in [0.4, 0.5) is 11.5 Å². The fourth-order valence-corrected chi connectivity index (χ4v) is 3.06. The Kier molecular flexibility index (Phi) is 3.58. The summed E-state index contributed by atoms with van der Waals surface area (Å²) < 4.78 is 1.48. The maximum atomic E-state index is 11.4. The number of hydrogen-bond acceptors (Lipinski definition) is 5. The Morgan fingerprint density at radius 1 is 1.50 bits per heavy atom. The molecule has 0 bridgehead atoms. The van der Waals surface area contributed by atoms with E-state index in [0.717, 1.165) is 11.1 Å². The number of aryl methyl sites for hydroxylation is 2. The second kappa shape index (κ2) is 5.42. The number of aliphatic hydroxyl groups is 1. The molecule has 7 nitrogen and oxygen atoms in total. The highest BCUT2D eigenvalue weighted by Gasteiger charge is 2.34. The van der Waals surface area contributed by atoms with Crippen LogP contribution in [0.15, 0.2) is 24.3 Å². The van der Waals surface area contributed by atoms with Gasteiger partial charge in [-0.15, -0.1) is 0 Å². The molecule has 0 radical (unpaired) electrons. The van der Waals surface area contributed by atoms with Gasteiger partial charge in [0, 0.05) is 13.5 Å². The Morgan fingerprint density at radius 2 is 2.23 bits per heavy atom. The summed E-state index contributed by atoms with van der Waals surface area (Å²) in [7, 11) is 1.67. The maximum Gasteiger partial charge on any atom is 0.333 e. The van der Waals surface area contributed by atoms with Crippen LogP contribution in [0, 0.1) is 10.1 Å². The number of benzene rings is 1. The monoisotopic (exact) mass is 302 g/mol. The van der Waals surface area contributed by atoms with Crippen LogP contribution in [-0.2, 0) is 19.9 Å². The number of rotatable bonds is 4. The lowest BCUT2D eigenvalue weighted by Crippen LogP contribution is -2.22. The number of nitrogens with zero attached hydrogens (tertiary/aromatic N) is 3. The van der Waals surface area contributed by atoms with Gasteiger partial charge in [-0.2, -0.15) is 5.10 Å². The molecule has 2 atom stereocenters. The molecule has 22 heavy (non-hydrogen) atoms. The molecule has 1 heterocycles. The van der Waals surface area contributed by atoms with Crippen molar-refractivity contribution in [2.75, 3.05) is 5.32 Å². The number of hydrogen-bond donors (Lipinski definition) is 2. The van der Waals surface area contributed by atoms with Crippen LogP contribution in [0.2, 0.25) is 0 Å². The first-order chi connectivity index (χ1) is 10.5. The van der Waals surface area contributed by atoms with Gasteiger partial charge in [0.15, 0.2) is 0 Å². The van der Waals surface area contributed by atoms with Crippen molar-refractivity contribution < 1.29 is 10.0 Å². The number of fused-ring (bicyclic) bond motifs is 1. The van der Waals surface area contributed by atoms with Crippen molar-refractivity contribution in [3.63, 3.8) is 0 Å². The third-order valence-corrected chi connectivity index (χ3v) is 4.11. The average Bonchev–Trinajstić information content (AvgIpc) is 2.97. The third kappa shape index (κ3) is 2.23. The molecule has 2 aromatic rings. The van der Waals surface area contributed by atoms with Gasteiger partial charge in [0.1, 0.15) is 5.69 Å². The summed E-state index contributed by atoms with van der Waals surface area (Å²) in [6.45, 7) is 1.83. The van der Waals surface area contributed by atoms with Gasteiger partial charge in [-0.3, -0.25) is 10.1 Å². The van der Waals surface area contributed by atoms with Gasteiger partial charge in [0.25, 0.3) is 0 Å². The fraction of sp³-hybridized carbons (Fsp3) is 0.400. The van der Waals surface area contributed by atoms with E-state index in [4.69, 9.17) is 0 Å². The predicted molar refractivity (Wildman–Crippen MR) is 81.8 cm³/mol. The zero-order valence-corrected chi connectivity index (χ0v) is 12.5. The first-order valence-corrected chi connectivity index (χ1v) is 7.25. The molecule has 0 fully saturated rings. The summed E-state index contributed by atoms with van der Waals surface area (Å²) in [5, 5.41) is 29.0. The van der Waals surface area contributed by atoms with Crippen LogP contribution in [-0.4, -0.2) is 25.9 Å². The van der Waals surface area contributed by atoms with E-state index in [1.807, 2.05) is 31.2 Å². The average molecular weight is 302 g/mol. The minimum Gasteiger partial charge on any atom is -0.390 e. The lowest BCUT2D eigenvalue weighted by molar-refractivity contribution is -0.384. The van der Waals surface area contributed by atoms with E-state index < -0.39 is 11.0 Å². The molecule has 0 unspecified atom stereocenters. The molecule has 0 amide bonds. The largest absolute Gasteiger partial charge is 0.390 e. The first kappa shape index (κ1) is 14.5. The SMILES string of the molecule is CCc1nn(C)c(N[C@H]2c3ccccc3C[C@H]2O)c1[N+](=O)[O-]. The van der Waals surface area contributed by atoms with Gasteiger partial charge in [-0.1, -0.05) is 31.2 Å². The highest BCUT2D eigenvalue weighted by Crippen LogP contribution is 2.37. The van der Waals surface area contributed by atoms with Gasteiger partial charge in [0.2, 0.25) is 5.82 Å². The molecule has 1 aliphatic rings. The summed E-state index contributed by atoms with van der Waals surface area (Å²) in [5.41, 5.74) is 2.47. The van der Waals surface area contributed by atoms with Crippen molar-refractivity contribution in [2.45, 2.75) is 31.9 Å². The first-order valence-electron chi connectivity index (χ1n) is 7.25. The molecule has 2 N–H and O–H groups in total. The van der Waals surface area contributed by atoms with Crippen LogP contribution >= 0.6 is 0 Å². The molecule has 1 aliphatic carbocycles. The van der Waals surface area contributed by atoms with Crippen molar-refractivity contribution in [1.29, 1.82) is 0 Å². The van der Waals surface area contributed by atoms with E-state index in [-0.39, 0.29) is 11.7 Å². The Bertz CT molecular complexity index is 726. The van der Waals surface area contributed by atoms with E-state index in [9.17, 15) is 15.2 Å². The normalized spacial score (nSPS) is 20.0. The van der Waals surface area contributed by atoms with Gasteiger partial charge in [-0.05, 0) is 17.5 Å². The molecule has 0 spiro atoms. The second-order valence-corrected chi connectivity index (χ2v) is 5.47. The zero-order chi connectivity index (χ0) is 15.9. The molecular weight excluding hydrogens is 284 g/mol. The lowest BCUT2D eigenvalue weighted by atomic mass is 10.1. The minimum atomic E-state index is -0.614. The lowest BCUT2D eigenvalue weighted by Gasteiger charge is -2.18. The molecule has 1 aromatic carbocycles. The number of nitro groups is 1. The van der Waals surface area contributed by atoms with Crippen molar-refractivity contribution in [1.82, 2.24) is 9.78 Å². The topological polar surface area (TPSA) is 93.2 Å². The molecule has 3 rings (SSSR count). The Morgan fingerprint density at radius 3 is 2.91 bits per heavy atom. The summed E-state index contributed by atoms with van der Waals surface area (Å²) in [6, 6.07) is 7.37. The van der Waals surface area contributed by atoms with Gasteiger partial charge >= 0.3 is 5.69 Å². The minimum absolute atomic E-state index is 0.0124. The standard InChI is InChI=1S/C15H18N4O3/c1-3-11-14(19(21)22)15(18(2)17-11)16-13-10-7-5-4-6-9(10)8-12(13)20/h4-7,12-13,16,20H,3,8H2,1-2H3/t12-,13+/m1/s1. The van der Waals surface area contributed by atoms with Crippen LogP contribution in [0.3, 0.4) is 0 Å². The van der Waals surface area contributed by atoms with Crippen molar-refractivity contribution in [3.05, 3.63) is 51.2 Å². The van der Waals surface area contributed by atoms with Crippen molar-refractivity contribution >= 4 is 11.5 Å². The fourth-order valence-electron chi connectivity index (χ4n) is 3.06. The van der Waals surface area contributed by atoms with Crippen LogP contribution in [0.5, 0.6) is 0 Å². The van der Waals surface area contributed by atoms with E-state index in [1.54, 1.807) is 7.05 Å². The summed E-state index contributed by atoms with van der Waals surface area (Å²) in [5.74, 6) is 0.336. The van der Waals surface area contributed by atoms with Gasteiger partial charge in [-0.25, -0.2) is 4.68 Å². The van der Waals surface area contributed by atoms with E-state index in [1.165, 1.54) is 4.68 Å². The molecule has 7 heteroatoms. The van der Waals surface area contributed by atoms with Crippen LogP contribution < -0.4 is 5.32 Å². The number of anilines is 1. The number of nitrogens with one attached hydrogen (secondary N) is 1. The quantitative estimate of drug-likeness (QED) is 0.665. The van der Waals surface area contributed by atoms with Crippen molar-refractivity contribution in [2.24, 2.45) is 7.05 Å². The summed E-state index contributed by atoms with van der Waals surface area (Å²) in [4.78, 5) is 11.0. The van der Waals surface area contributed by atoms with Crippen LogP contribution in [0.25, 0.3) is 0 Å². The molecule has 116 valence electrons. The molecule has 0 aliphatic heterocycles. The predicted octanol–water partition coefficient (Wildman–Crippen LogP) is 1.96. The summed E-state index contributed by atoms with van der Waals surface area (Å²) >= 11 is 0. The molecule has 1 aromatic heterocycles. The Hall–Kier alpha value is -2.41. The molecule has 0 saturated heterocycles. The zero-order valence-electron chi connectivity index (χ0n) is 12.5. The Balaban J connectivity index is 2.01. The van der Waals surface area contributed by atoms with Crippen LogP contribution in [0.1, 0.15) is 29.8 Å². The smallest absolute Gasteiger partial charge is 0.333 e. The van der Waals surface area contributed by atoms with Crippen molar-refractivity contribution in [3.8, 4) is 0 Å². The van der Waals surface area contributed by atoms with E-state index >= 15 is 0 Å².